The molecular formula is C16H15BrF2O. The van der Waals surface area contributed by atoms with Crippen molar-refractivity contribution in [2.75, 3.05) is 0 Å². The number of benzene rings is 2. The summed E-state index contributed by atoms with van der Waals surface area (Å²) in [5, 5.41) is 10.2. The molecule has 1 N–H and O–H groups in total. The van der Waals surface area contributed by atoms with E-state index in [9.17, 15) is 13.9 Å². The Labute approximate surface area is 125 Å². The van der Waals surface area contributed by atoms with Gasteiger partial charge in [-0.2, -0.15) is 0 Å². The average Bonchev–Trinajstić information content (AvgIpc) is 2.39. The van der Waals surface area contributed by atoms with Crippen molar-refractivity contribution in [3.05, 3.63) is 68.7 Å². The highest BCUT2D eigenvalue weighted by atomic mass is 79.9. The van der Waals surface area contributed by atoms with Crippen LogP contribution in [0.15, 0.2) is 34.8 Å². The van der Waals surface area contributed by atoms with Crippen LogP contribution >= 0.6 is 15.9 Å². The van der Waals surface area contributed by atoms with Crippen LogP contribution < -0.4 is 0 Å². The molecule has 0 amide bonds. The smallest absolute Gasteiger partial charge is 0.159 e. The van der Waals surface area contributed by atoms with Crippen LogP contribution in [0.3, 0.4) is 0 Å². The standard InChI is InChI=1S/C16H15BrF2O/c1-9-5-12(6-10(2)16(9)17)15(20)8-11-3-4-13(18)14(19)7-11/h3-7,15,20H,8H2,1-2H3. The van der Waals surface area contributed by atoms with Crippen LogP contribution in [-0.2, 0) is 6.42 Å². The van der Waals surface area contributed by atoms with Crippen molar-refractivity contribution in [2.24, 2.45) is 0 Å². The fourth-order valence-corrected chi connectivity index (χ4v) is 2.41. The number of hydrogen-bond donors (Lipinski definition) is 1. The molecule has 0 saturated heterocycles. The van der Waals surface area contributed by atoms with E-state index in [0.717, 1.165) is 33.3 Å². The molecule has 0 radical (unpaired) electrons. The second-order valence-corrected chi connectivity index (χ2v) is 5.73. The maximum absolute atomic E-state index is 13.2. The molecule has 0 bridgehead atoms. The largest absolute Gasteiger partial charge is 0.388 e. The molecule has 2 aromatic carbocycles. The number of aryl methyl sites for hydroxylation is 2. The van der Waals surface area contributed by atoms with Crippen LogP contribution in [0.2, 0.25) is 0 Å². The first-order chi connectivity index (χ1) is 9.38. The zero-order chi connectivity index (χ0) is 14.9. The third-order valence-electron chi connectivity index (χ3n) is 3.26. The fourth-order valence-electron chi connectivity index (χ4n) is 2.18. The lowest BCUT2D eigenvalue weighted by molar-refractivity contribution is 0.178. The van der Waals surface area contributed by atoms with Crippen molar-refractivity contribution in [3.8, 4) is 0 Å². The van der Waals surface area contributed by atoms with E-state index in [1.807, 2.05) is 26.0 Å². The predicted molar refractivity (Wildman–Crippen MR) is 78.6 cm³/mol. The SMILES string of the molecule is Cc1cc(C(O)Cc2ccc(F)c(F)c2)cc(C)c1Br. The first kappa shape index (κ1) is 15.1. The average molecular weight is 341 g/mol. The molecule has 4 heteroatoms. The summed E-state index contributed by atoms with van der Waals surface area (Å²) in [6, 6.07) is 7.47. The Hall–Kier alpha value is -1.26. The van der Waals surface area contributed by atoms with Crippen LogP contribution in [0.25, 0.3) is 0 Å². The van der Waals surface area contributed by atoms with Gasteiger partial charge in [0.25, 0.3) is 0 Å². The number of rotatable bonds is 3. The number of hydrogen-bond acceptors (Lipinski definition) is 1. The third-order valence-corrected chi connectivity index (χ3v) is 4.51. The Balaban J connectivity index is 2.23. The topological polar surface area (TPSA) is 20.2 Å². The van der Waals surface area contributed by atoms with E-state index in [4.69, 9.17) is 0 Å². The normalized spacial score (nSPS) is 12.5. The van der Waals surface area contributed by atoms with Gasteiger partial charge in [0.1, 0.15) is 0 Å². The van der Waals surface area contributed by atoms with Crippen LogP contribution in [0.4, 0.5) is 8.78 Å². The zero-order valence-corrected chi connectivity index (χ0v) is 12.8. The van der Waals surface area contributed by atoms with E-state index in [1.165, 1.54) is 6.07 Å². The van der Waals surface area contributed by atoms with Crippen LogP contribution in [-0.4, -0.2) is 5.11 Å². The summed E-state index contributed by atoms with van der Waals surface area (Å²) in [5.41, 5.74) is 3.40. The Morgan fingerprint density at radius 2 is 1.65 bits per heavy atom. The molecule has 1 nitrogen and oxygen atoms in total. The van der Waals surface area contributed by atoms with Crippen molar-refractivity contribution in [3.63, 3.8) is 0 Å². The predicted octanol–water partition coefficient (Wildman–Crippen LogP) is 4.62. The van der Waals surface area contributed by atoms with Crippen molar-refractivity contribution in [1.29, 1.82) is 0 Å². The molecular weight excluding hydrogens is 326 g/mol. The first-order valence-electron chi connectivity index (χ1n) is 6.27. The van der Waals surface area contributed by atoms with E-state index < -0.39 is 17.7 Å². The maximum atomic E-state index is 13.2. The van der Waals surface area contributed by atoms with E-state index in [0.29, 0.717) is 5.56 Å². The minimum absolute atomic E-state index is 0.248. The summed E-state index contributed by atoms with van der Waals surface area (Å²) in [6.07, 6.45) is -0.497. The van der Waals surface area contributed by atoms with Gasteiger partial charge in [-0.3, -0.25) is 0 Å². The van der Waals surface area contributed by atoms with Crippen molar-refractivity contribution in [1.82, 2.24) is 0 Å². The van der Waals surface area contributed by atoms with Gasteiger partial charge in [0.2, 0.25) is 0 Å². The molecule has 1 unspecified atom stereocenters. The van der Waals surface area contributed by atoms with Gasteiger partial charge in [-0.15, -0.1) is 0 Å². The molecule has 1 atom stereocenters. The van der Waals surface area contributed by atoms with Gasteiger partial charge < -0.3 is 5.11 Å². The highest BCUT2D eigenvalue weighted by Crippen LogP contribution is 2.27. The Morgan fingerprint density at radius 3 is 2.20 bits per heavy atom. The lowest BCUT2D eigenvalue weighted by atomic mass is 9.98. The van der Waals surface area contributed by atoms with Gasteiger partial charge in [0, 0.05) is 10.9 Å². The van der Waals surface area contributed by atoms with Gasteiger partial charge in [-0.1, -0.05) is 34.1 Å². The molecule has 0 heterocycles. The molecule has 0 saturated carbocycles. The highest BCUT2D eigenvalue weighted by Gasteiger charge is 2.13. The molecule has 0 aliphatic heterocycles. The molecule has 20 heavy (non-hydrogen) atoms. The molecule has 106 valence electrons. The van der Waals surface area contributed by atoms with Gasteiger partial charge in [0.15, 0.2) is 11.6 Å². The van der Waals surface area contributed by atoms with Crippen molar-refractivity contribution >= 4 is 15.9 Å². The van der Waals surface area contributed by atoms with Crippen LogP contribution in [0.5, 0.6) is 0 Å². The summed E-state index contributed by atoms with van der Waals surface area (Å²) in [7, 11) is 0. The number of aliphatic hydroxyl groups excluding tert-OH is 1. The molecule has 0 spiro atoms. The van der Waals surface area contributed by atoms with Gasteiger partial charge in [0.05, 0.1) is 6.10 Å². The van der Waals surface area contributed by atoms with Crippen LogP contribution in [0, 0.1) is 25.5 Å². The Bertz CT molecular complexity index is 617. The Morgan fingerprint density at radius 1 is 1.05 bits per heavy atom. The number of halogens is 3. The minimum atomic E-state index is -0.891. The summed E-state index contributed by atoms with van der Waals surface area (Å²) < 4.78 is 27.0. The zero-order valence-electron chi connectivity index (χ0n) is 11.3. The van der Waals surface area contributed by atoms with E-state index in [2.05, 4.69) is 15.9 Å². The lowest BCUT2D eigenvalue weighted by Crippen LogP contribution is -2.04. The van der Waals surface area contributed by atoms with Gasteiger partial charge >= 0.3 is 0 Å². The molecule has 0 aliphatic rings. The molecule has 0 fully saturated rings. The maximum Gasteiger partial charge on any atom is 0.159 e. The van der Waals surface area contributed by atoms with E-state index in [-0.39, 0.29) is 6.42 Å². The molecule has 2 rings (SSSR count). The molecule has 0 aromatic heterocycles. The summed E-state index contributed by atoms with van der Waals surface area (Å²) in [6.45, 7) is 3.90. The van der Waals surface area contributed by atoms with Gasteiger partial charge in [-0.25, -0.2) is 8.78 Å². The fraction of sp³-hybridized carbons (Fsp3) is 0.250. The third kappa shape index (κ3) is 3.25. The monoisotopic (exact) mass is 340 g/mol. The highest BCUT2D eigenvalue weighted by molar-refractivity contribution is 9.10. The summed E-state index contributed by atoms with van der Waals surface area (Å²) in [4.78, 5) is 0. The van der Waals surface area contributed by atoms with Crippen LogP contribution in [0.1, 0.15) is 28.4 Å². The van der Waals surface area contributed by atoms with E-state index >= 15 is 0 Å². The number of aliphatic hydroxyl groups is 1. The van der Waals surface area contributed by atoms with Gasteiger partial charge in [-0.05, 0) is 48.2 Å². The summed E-state index contributed by atoms with van der Waals surface area (Å²) >= 11 is 3.47. The lowest BCUT2D eigenvalue weighted by Gasteiger charge is -2.14. The Kier molecular flexibility index (Phi) is 4.55. The minimum Gasteiger partial charge on any atom is -0.388 e. The molecule has 2 aromatic rings. The second-order valence-electron chi connectivity index (χ2n) is 4.94. The van der Waals surface area contributed by atoms with Crippen molar-refractivity contribution in [2.45, 2.75) is 26.4 Å². The first-order valence-corrected chi connectivity index (χ1v) is 7.06. The summed E-state index contributed by atoms with van der Waals surface area (Å²) in [5.74, 6) is -1.77. The van der Waals surface area contributed by atoms with E-state index in [1.54, 1.807) is 0 Å². The quantitative estimate of drug-likeness (QED) is 0.864. The van der Waals surface area contributed by atoms with Crippen molar-refractivity contribution < 1.29 is 13.9 Å². The second kappa shape index (κ2) is 6.02. The molecule has 0 aliphatic carbocycles.